The van der Waals surface area contributed by atoms with E-state index >= 15 is 0 Å². The third-order valence-electron chi connectivity index (χ3n) is 2.50. The highest BCUT2D eigenvalue weighted by Gasteiger charge is 2.04. The minimum Gasteiger partial charge on any atom is -0.507 e. The molecule has 0 aliphatic heterocycles. The highest BCUT2D eigenvalue weighted by molar-refractivity contribution is 7.94. The van der Waals surface area contributed by atoms with Crippen LogP contribution in [0.4, 0.5) is 0 Å². The molecule has 0 aliphatic rings. The first-order valence-corrected chi connectivity index (χ1v) is 6.78. The molecule has 0 atom stereocenters. The molecule has 1 aromatic carbocycles. The van der Waals surface area contributed by atoms with E-state index in [4.69, 9.17) is 0 Å². The number of hydrogen-bond acceptors (Lipinski definition) is 3. The maximum Gasteiger partial charge on any atom is 0.171 e. The summed E-state index contributed by atoms with van der Waals surface area (Å²) in [6.45, 7) is 5.39. The van der Waals surface area contributed by atoms with Crippen LogP contribution in [0.15, 0.2) is 17.5 Å². The van der Waals surface area contributed by atoms with Crippen molar-refractivity contribution in [1.29, 1.82) is 0 Å². The van der Waals surface area contributed by atoms with Gasteiger partial charge in [0.25, 0.3) is 0 Å². The molecule has 1 rings (SSSR count). The van der Waals surface area contributed by atoms with E-state index in [1.54, 1.807) is 19.1 Å². The van der Waals surface area contributed by atoms with Crippen molar-refractivity contribution in [3.63, 3.8) is 0 Å². The van der Waals surface area contributed by atoms with Gasteiger partial charge in [-0.1, -0.05) is 6.92 Å². The minimum atomic E-state index is -3.15. The number of aryl methyl sites for hydroxylation is 2. The number of hydrogen-bond donors (Lipinski definition) is 1. The van der Waals surface area contributed by atoms with Gasteiger partial charge in [0.15, 0.2) is 9.84 Å². The molecule has 3 nitrogen and oxygen atoms in total. The van der Waals surface area contributed by atoms with E-state index in [9.17, 15) is 13.5 Å². The molecule has 1 N–H and O–H groups in total. The summed E-state index contributed by atoms with van der Waals surface area (Å²) in [4.78, 5) is 0. The van der Waals surface area contributed by atoms with Gasteiger partial charge in [0.2, 0.25) is 0 Å². The SMILES string of the molecule is CCS(=O)(=O)/C=C/c1cc(C)c(C)cc1O. The maximum atomic E-state index is 11.3. The molecule has 0 fully saturated rings. The molecular formula is C12H16O3S. The largest absolute Gasteiger partial charge is 0.507 e. The number of aromatic hydroxyl groups is 1. The molecule has 0 aromatic heterocycles. The van der Waals surface area contributed by atoms with Gasteiger partial charge in [-0.25, -0.2) is 8.42 Å². The Morgan fingerprint density at radius 1 is 1.25 bits per heavy atom. The fourth-order valence-corrected chi connectivity index (χ4v) is 1.78. The van der Waals surface area contributed by atoms with Crippen molar-refractivity contribution in [2.24, 2.45) is 0 Å². The molecule has 1 aromatic rings. The topological polar surface area (TPSA) is 54.4 Å². The van der Waals surface area contributed by atoms with E-state index in [2.05, 4.69) is 0 Å². The Morgan fingerprint density at radius 2 is 1.81 bits per heavy atom. The smallest absolute Gasteiger partial charge is 0.171 e. The van der Waals surface area contributed by atoms with Crippen molar-refractivity contribution in [2.75, 3.05) is 5.75 Å². The van der Waals surface area contributed by atoms with Crippen molar-refractivity contribution in [3.8, 4) is 5.75 Å². The summed E-state index contributed by atoms with van der Waals surface area (Å²) in [6, 6.07) is 3.40. The summed E-state index contributed by atoms with van der Waals surface area (Å²) in [5.41, 5.74) is 2.53. The van der Waals surface area contributed by atoms with Crippen molar-refractivity contribution in [1.82, 2.24) is 0 Å². The molecule has 0 amide bonds. The Bertz CT molecular complexity index is 513. The van der Waals surface area contributed by atoms with Crippen LogP contribution >= 0.6 is 0 Å². The van der Waals surface area contributed by atoms with Gasteiger partial charge in [0.05, 0.1) is 5.75 Å². The first-order valence-electron chi connectivity index (χ1n) is 5.07. The normalized spacial score (nSPS) is 12.2. The van der Waals surface area contributed by atoms with Crippen molar-refractivity contribution < 1.29 is 13.5 Å². The second-order valence-corrected chi connectivity index (χ2v) is 5.92. The number of rotatable bonds is 3. The van der Waals surface area contributed by atoms with Gasteiger partial charge in [-0.15, -0.1) is 0 Å². The first-order chi connectivity index (χ1) is 7.35. The zero-order valence-corrected chi connectivity index (χ0v) is 10.5. The molecule has 88 valence electrons. The summed E-state index contributed by atoms with van der Waals surface area (Å²) in [5.74, 6) is 0.167. The predicted molar refractivity (Wildman–Crippen MR) is 66.1 cm³/mol. The van der Waals surface area contributed by atoms with Crippen molar-refractivity contribution >= 4 is 15.9 Å². The van der Waals surface area contributed by atoms with Crippen LogP contribution in [0.3, 0.4) is 0 Å². The van der Waals surface area contributed by atoms with Crippen LogP contribution in [0.5, 0.6) is 5.75 Å². The minimum absolute atomic E-state index is 0.0646. The van der Waals surface area contributed by atoms with E-state index in [0.29, 0.717) is 5.56 Å². The average Bonchev–Trinajstić information content (AvgIpc) is 2.22. The summed E-state index contributed by atoms with van der Waals surface area (Å²) in [7, 11) is -3.15. The van der Waals surface area contributed by atoms with E-state index in [-0.39, 0.29) is 11.5 Å². The third-order valence-corrected chi connectivity index (χ3v) is 3.86. The molecule has 0 aliphatic carbocycles. The average molecular weight is 240 g/mol. The summed E-state index contributed by atoms with van der Waals surface area (Å²) < 4.78 is 22.5. The van der Waals surface area contributed by atoms with E-state index < -0.39 is 9.84 Å². The fourth-order valence-electron chi connectivity index (χ4n) is 1.23. The van der Waals surface area contributed by atoms with Crippen LogP contribution in [0.1, 0.15) is 23.6 Å². The summed E-state index contributed by atoms with van der Waals surface area (Å²) >= 11 is 0. The lowest BCUT2D eigenvalue weighted by Crippen LogP contribution is -1.96. The van der Waals surface area contributed by atoms with Crippen molar-refractivity contribution in [2.45, 2.75) is 20.8 Å². The Kier molecular flexibility index (Phi) is 3.75. The lowest BCUT2D eigenvalue weighted by Gasteiger charge is -2.04. The molecule has 0 unspecified atom stereocenters. The molecule has 0 saturated carbocycles. The summed E-state index contributed by atoms with van der Waals surface area (Å²) in [5, 5.41) is 10.8. The monoisotopic (exact) mass is 240 g/mol. The number of phenols is 1. The Hall–Kier alpha value is -1.29. The lowest BCUT2D eigenvalue weighted by molar-refractivity contribution is 0.473. The van der Waals surface area contributed by atoms with Crippen LogP contribution < -0.4 is 0 Å². The Labute approximate surface area is 96.4 Å². The molecule has 0 spiro atoms. The van der Waals surface area contributed by atoms with Gasteiger partial charge in [0, 0.05) is 11.0 Å². The van der Waals surface area contributed by atoms with Crippen LogP contribution in [0.25, 0.3) is 6.08 Å². The van der Waals surface area contributed by atoms with Gasteiger partial charge in [0.1, 0.15) is 5.75 Å². The zero-order chi connectivity index (χ0) is 12.3. The standard InChI is InChI=1S/C12H16O3S/c1-4-16(14,15)6-5-11-7-9(2)10(3)8-12(11)13/h5-8,13H,4H2,1-3H3/b6-5+. The number of phenolic OH excluding ortho intramolecular Hbond substituents is 1. The van der Waals surface area contributed by atoms with Crippen LogP contribution in [-0.2, 0) is 9.84 Å². The fraction of sp³-hybridized carbons (Fsp3) is 0.333. The molecule has 0 saturated heterocycles. The van der Waals surface area contributed by atoms with Crippen LogP contribution in [-0.4, -0.2) is 19.3 Å². The van der Waals surface area contributed by atoms with Gasteiger partial charge >= 0.3 is 0 Å². The molecule has 16 heavy (non-hydrogen) atoms. The molecular weight excluding hydrogens is 224 g/mol. The van der Waals surface area contributed by atoms with Crippen LogP contribution in [0, 0.1) is 13.8 Å². The van der Waals surface area contributed by atoms with Gasteiger partial charge in [-0.05, 0) is 43.2 Å². The Morgan fingerprint density at radius 3 is 2.38 bits per heavy atom. The van der Waals surface area contributed by atoms with E-state index in [1.165, 1.54) is 6.08 Å². The number of benzene rings is 1. The maximum absolute atomic E-state index is 11.3. The van der Waals surface area contributed by atoms with Gasteiger partial charge in [-0.3, -0.25) is 0 Å². The predicted octanol–water partition coefficient (Wildman–Crippen LogP) is 2.41. The summed E-state index contributed by atoms with van der Waals surface area (Å²) in [6.07, 6.45) is 1.43. The molecule has 0 bridgehead atoms. The quantitative estimate of drug-likeness (QED) is 0.882. The van der Waals surface area contributed by atoms with Gasteiger partial charge < -0.3 is 5.11 Å². The second-order valence-electron chi connectivity index (χ2n) is 3.75. The lowest BCUT2D eigenvalue weighted by atomic mass is 10.1. The Balaban J connectivity index is 3.12. The van der Waals surface area contributed by atoms with E-state index in [0.717, 1.165) is 16.5 Å². The zero-order valence-electron chi connectivity index (χ0n) is 9.69. The highest BCUT2D eigenvalue weighted by atomic mass is 32.2. The van der Waals surface area contributed by atoms with Gasteiger partial charge in [-0.2, -0.15) is 0 Å². The molecule has 0 radical (unpaired) electrons. The highest BCUT2D eigenvalue weighted by Crippen LogP contribution is 2.23. The van der Waals surface area contributed by atoms with Crippen LogP contribution in [0.2, 0.25) is 0 Å². The second kappa shape index (κ2) is 4.70. The van der Waals surface area contributed by atoms with Crippen molar-refractivity contribution in [3.05, 3.63) is 34.2 Å². The molecule has 0 heterocycles. The molecule has 4 heteroatoms. The number of sulfone groups is 1. The third kappa shape index (κ3) is 3.10. The first kappa shape index (κ1) is 12.8. The van der Waals surface area contributed by atoms with E-state index in [1.807, 2.05) is 13.8 Å².